The lowest BCUT2D eigenvalue weighted by molar-refractivity contribution is 0.102. The summed E-state index contributed by atoms with van der Waals surface area (Å²) in [6, 6.07) is 8.16. The summed E-state index contributed by atoms with van der Waals surface area (Å²) in [6.45, 7) is 4.08. The number of amides is 1. The minimum Gasteiger partial charge on any atom is -0.488 e. The van der Waals surface area contributed by atoms with Crippen molar-refractivity contribution >= 4 is 11.6 Å². The minimum absolute atomic E-state index is 0. The largest absolute Gasteiger partial charge is 0.488 e. The fourth-order valence-corrected chi connectivity index (χ4v) is 4.27. The summed E-state index contributed by atoms with van der Waals surface area (Å²) < 4.78 is 24.4. The van der Waals surface area contributed by atoms with Crippen molar-refractivity contribution in [3.05, 3.63) is 65.5 Å². The highest BCUT2D eigenvalue weighted by molar-refractivity contribution is 6.06. The molecule has 3 heterocycles. The van der Waals surface area contributed by atoms with Crippen molar-refractivity contribution in [1.29, 1.82) is 0 Å². The van der Waals surface area contributed by atoms with E-state index in [1.54, 1.807) is 29.2 Å². The second-order valence-electron chi connectivity index (χ2n) is 8.84. The number of benzene rings is 2. The van der Waals surface area contributed by atoms with Gasteiger partial charge in [-0.05, 0) is 66.9 Å². The summed E-state index contributed by atoms with van der Waals surface area (Å²) in [5.74, 6) is 0.331. The second kappa shape index (κ2) is 8.61. The smallest absolute Gasteiger partial charge is 0.258 e. The van der Waals surface area contributed by atoms with E-state index in [1.165, 1.54) is 6.07 Å². The average molecular weight is 476 g/mol. The number of ether oxygens (including phenoxy) is 1. The first-order valence-corrected chi connectivity index (χ1v) is 11.2. The zero-order valence-corrected chi connectivity index (χ0v) is 18.7. The molecule has 1 fully saturated rings. The van der Waals surface area contributed by atoms with E-state index in [1.807, 2.05) is 30.7 Å². The Morgan fingerprint density at radius 1 is 1.26 bits per heavy atom. The molecule has 2 aromatic heterocycles. The third-order valence-corrected chi connectivity index (χ3v) is 6.29. The number of imidazole rings is 1. The Balaban J connectivity index is 0.00000253. The predicted molar refractivity (Wildman–Crippen MR) is 128 cm³/mol. The van der Waals surface area contributed by atoms with E-state index >= 15 is 0 Å². The number of hydrogen-bond donors (Lipinski definition) is 1. The summed E-state index contributed by atoms with van der Waals surface area (Å²) in [5, 5.41) is 14.7. The molecule has 0 unspecified atom stereocenters. The van der Waals surface area contributed by atoms with E-state index in [-0.39, 0.29) is 19.0 Å². The van der Waals surface area contributed by atoms with Crippen LogP contribution in [0.5, 0.6) is 5.75 Å². The summed E-state index contributed by atoms with van der Waals surface area (Å²) in [5.41, 5.74) is 3.46. The first kappa shape index (κ1) is 22.7. The number of anilines is 1. The SMILES string of the molecule is C.Cc1cc(F)c(C(=O)Nc2cccc3c2OC[C@H](C)n2nnnc2-3)cc1-n1cnc(C2CC2)c1. The van der Waals surface area contributed by atoms with Crippen LogP contribution in [0.25, 0.3) is 17.1 Å². The normalized spacial score (nSPS) is 16.4. The van der Waals surface area contributed by atoms with Gasteiger partial charge in [-0.25, -0.2) is 14.1 Å². The number of tetrazole rings is 1. The summed E-state index contributed by atoms with van der Waals surface area (Å²) in [6.07, 6.45) is 5.95. The molecule has 35 heavy (non-hydrogen) atoms. The third-order valence-electron chi connectivity index (χ3n) is 6.29. The topological polar surface area (TPSA) is 99.7 Å². The molecule has 2 aliphatic rings. The van der Waals surface area contributed by atoms with Crippen molar-refractivity contribution in [2.75, 3.05) is 11.9 Å². The van der Waals surface area contributed by atoms with Gasteiger partial charge in [0.05, 0.1) is 40.6 Å². The van der Waals surface area contributed by atoms with Crippen LogP contribution < -0.4 is 10.1 Å². The number of aryl methyl sites for hydroxylation is 1. The molecule has 1 aliphatic heterocycles. The fourth-order valence-electron chi connectivity index (χ4n) is 4.27. The van der Waals surface area contributed by atoms with Crippen molar-refractivity contribution in [1.82, 2.24) is 29.8 Å². The second-order valence-corrected chi connectivity index (χ2v) is 8.84. The number of halogens is 1. The molecule has 6 rings (SSSR count). The van der Waals surface area contributed by atoms with Crippen LogP contribution in [0, 0.1) is 12.7 Å². The Kier molecular flexibility index (Phi) is 5.58. The van der Waals surface area contributed by atoms with Crippen molar-refractivity contribution in [2.24, 2.45) is 0 Å². The molecule has 0 saturated heterocycles. The zero-order chi connectivity index (χ0) is 23.4. The number of rotatable bonds is 4. The zero-order valence-electron chi connectivity index (χ0n) is 18.7. The summed E-state index contributed by atoms with van der Waals surface area (Å²) >= 11 is 0. The van der Waals surface area contributed by atoms with Gasteiger partial charge in [0.15, 0.2) is 11.6 Å². The highest BCUT2D eigenvalue weighted by atomic mass is 19.1. The Morgan fingerprint density at radius 2 is 2.09 bits per heavy atom. The van der Waals surface area contributed by atoms with Crippen LogP contribution in [0.3, 0.4) is 0 Å². The molecule has 1 N–H and O–H groups in total. The van der Waals surface area contributed by atoms with E-state index in [0.29, 0.717) is 46.6 Å². The first-order valence-electron chi connectivity index (χ1n) is 11.2. The number of aromatic nitrogens is 6. The van der Waals surface area contributed by atoms with E-state index < -0.39 is 11.7 Å². The lowest BCUT2D eigenvalue weighted by Gasteiger charge is -2.15. The van der Waals surface area contributed by atoms with Crippen LogP contribution in [-0.2, 0) is 0 Å². The van der Waals surface area contributed by atoms with Gasteiger partial charge in [-0.2, -0.15) is 0 Å². The predicted octanol–water partition coefficient (Wildman–Crippen LogP) is 4.69. The molecule has 2 aromatic carbocycles. The van der Waals surface area contributed by atoms with Gasteiger partial charge in [-0.3, -0.25) is 4.79 Å². The minimum atomic E-state index is -0.596. The van der Waals surface area contributed by atoms with Crippen LogP contribution >= 0.6 is 0 Å². The summed E-state index contributed by atoms with van der Waals surface area (Å²) in [7, 11) is 0. The van der Waals surface area contributed by atoms with Gasteiger partial charge < -0.3 is 14.6 Å². The van der Waals surface area contributed by atoms with E-state index in [9.17, 15) is 9.18 Å². The third kappa shape index (κ3) is 3.94. The first-order chi connectivity index (χ1) is 16.5. The van der Waals surface area contributed by atoms with Gasteiger partial charge in [0.25, 0.3) is 5.91 Å². The van der Waals surface area contributed by atoms with Gasteiger partial charge in [-0.15, -0.1) is 5.10 Å². The van der Waals surface area contributed by atoms with E-state index in [0.717, 1.165) is 18.5 Å². The standard InChI is InChI=1S/C24H22FN7O2.CH4/c1-13-8-18(25)17(9-21(13)31-10-20(26-12-31)15-6-7-15)24(33)27-19-5-3-4-16-22(19)34-11-14(2)32-23(16)28-29-30-32;/h3-5,8-10,12,14-15H,6-7,11H2,1-2H3,(H,27,33);1H4/t14-;/m0./s1. The molecular formula is C25H26FN7O2. The molecule has 10 heteroatoms. The van der Waals surface area contributed by atoms with E-state index in [4.69, 9.17) is 4.74 Å². The Bertz CT molecular complexity index is 1420. The molecular weight excluding hydrogens is 449 g/mol. The highest BCUT2D eigenvalue weighted by Gasteiger charge is 2.27. The number of carbonyl (C=O) groups excluding carboxylic acids is 1. The van der Waals surface area contributed by atoms with E-state index in [2.05, 4.69) is 25.8 Å². The molecule has 1 saturated carbocycles. The number of hydrogen-bond acceptors (Lipinski definition) is 6. The quantitative estimate of drug-likeness (QED) is 0.460. The van der Waals surface area contributed by atoms with Crippen molar-refractivity contribution in [2.45, 2.75) is 46.1 Å². The molecule has 4 aromatic rings. The maximum absolute atomic E-state index is 14.9. The monoisotopic (exact) mass is 475 g/mol. The number of para-hydroxylation sites is 1. The van der Waals surface area contributed by atoms with Crippen molar-refractivity contribution < 1.29 is 13.9 Å². The van der Waals surface area contributed by atoms with Crippen LogP contribution in [0.4, 0.5) is 10.1 Å². The molecule has 1 atom stereocenters. The van der Waals surface area contributed by atoms with Gasteiger partial charge in [0.2, 0.25) is 0 Å². The number of nitrogens with one attached hydrogen (secondary N) is 1. The number of fused-ring (bicyclic) bond motifs is 3. The van der Waals surface area contributed by atoms with Crippen LogP contribution in [0.15, 0.2) is 42.9 Å². The van der Waals surface area contributed by atoms with Gasteiger partial charge >= 0.3 is 0 Å². The van der Waals surface area contributed by atoms with Crippen LogP contribution in [0.2, 0.25) is 0 Å². The Hall–Kier alpha value is -4.08. The molecule has 0 radical (unpaired) electrons. The lowest BCUT2D eigenvalue weighted by Crippen LogP contribution is -2.16. The van der Waals surface area contributed by atoms with Crippen LogP contribution in [0.1, 0.15) is 60.8 Å². The van der Waals surface area contributed by atoms with Crippen molar-refractivity contribution in [3.63, 3.8) is 0 Å². The van der Waals surface area contributed by atoms with Crippen LogP contribution in [-0.4, -0.2) is 42.3 Å². The molecule has 1 amide bonds. The maximum atomic E-state index is 14.9. The van der Waals surface area contributed by atoms with Gasteiger partial charge in [0.1, 0.15) is 12.4 Å². The van der Waals surface area contributed by atoms with Gasteiger partial charge in [0, 0.05) is 12.1 Å². The van der Waals surface area contributed by atoms with Gasteiger partial charge in [-0.1, -0.05) is 13.5 Å². The molecule has 1 aliphatic carbocycles. The Labute approximate surface area is 201 Å². The highest BCUT2D eigenvalue weighted by Crippen LogP contribution is 2.40. The van der Waals surface area contributed by atoms with Crippen molar-refractivity contribution in [3.8, 4) is 22.8 Å². The molecule has 180 valence electrons. The lowest BCUT2D eigenvalue weighted by atomic mass is 10.1. The number of nitrogens with zero attached hydrogens (tertiary/aromatic N) is 6. The number of carbonyl (C=O) groups is 1. The molecule has 9 nitrogen and oxygen atoms in total. The fraction of sp³-hybridized carbons (Fsp3) is 0.320. The maximum Gasteiger partial charge on any atom is 0.258 e. The molecule has 0 bridgehead atoms. The summed E-state index contributed by atoms with van der Waals surface area (Å²) in [4.78, 5) is 17.7. The average Bonchev–Trinajstić information content (AvgIpc) is 3.38. The molecule has 0 spiro atoms. The Morgan fingerprint density at radius 3 is 2.89 bits per heavy atom.